The van der Waals surface area contributed by atoms with Gasteiger partial charge in [-0.25, -0.2) is 4.39 Å². The summed E-state index contributed by atoms with van der Waals surface area (Å²) in [7, 11) is 0. The van der Waals surface area contributed by atoms with Gasteiger partial charge in [0.1, 0.15) is 5.82 Å². The monoisotopic (exact) mass is 573 g/mol. The van der Waals surface area contributed by atoms with E-state index in [0.29, 0.717) is 5.56 Å². The fourth-order valence-corrected chi connectivity index (χ4v) is 5.43. The highest BCUT2D eigenvalue weighted by Crippen LogP contribution is 2.29. The molecule has 4 rings (SSSR count). The molecule has 0 spiro atoms. The number of halogens is 2. The maximum absolute atomic E-state index is 13.7. The van der Waals surface area contributed by atoms with E-state index in [4.69, 9.17) is 0 Å². The van der Waals surface area contributed by atoms with Gasteiger partial charge in [0.2, 0.25) is 0 Å². The molecule has 2 N–H and O–H groups in total. The standard InChI is InChI=1S/C27H29BrFN3O5/c28-20-10-6-18(7-11-20)26(36)31-14-15-32(27(37)19-8-12-21(29)13-9-19)25(31)24(35)30-22(16-23(33)34)17-4-2-1-3-5-17/h6-13,17,22,25H,1-5,14-16H2,(H,30,35)(H,33,34). The van der Waals surface area contributed by atoms with Crippen LogP contribution in [0.5, 0.6) is 0 Å². The normalized spacial score (nSPS) is 18.9. The van der Waals surface area contributed by atoms with Crippen LogP contribution in [-0.2, 0) is 9.59 Å². The molecule has 8 nitrogen and oxygen atoms in total. The highest BCUT2D eigenvalue weighted by molar-refractivity contribution is 9.10. The SMILES string of the molecule is O=C(O)CC(NC(=O)C1N(C(=O)c2ccc(F)cc2)CCN1C(=O)c1ccc(Br)cc1)C1CCCCC1. The number of benzene rings is 2. The van der Waals surface area contributed by atoms with E-state index in [2.05, 4.69) is 21.2 Å². The van der Waals surface area contributed by atoms with Crippen LogP contribution in [0.4, 0.5) is 4.39 Å². The van der Waals surface area contributed by atoms with Crippen LogP contribution < -0.4 is 5.32 Å². The molecule has 2 unspecified atom stereocenters. The van der Waals surface area contributed by atoms with Crippen molar-refractivity contribution in [3.8, 4) is 0 Å². The van der Waals surface area contributed by atoms with E-state index in [0.717, 1.165) is 48.7 Å². The van der Waals surface area contributed by atoms with Crippen molar-refractivity contribution in [2.45, 2.75) is 50.7 Å². The van der Waals surface area contributed by atoms with Crippen LogP contribution in [0.15, 0.2) is 53.0 Å². The Morgan fingerprint density at radius 3 is 1.92 bits per heavy atom. The summed E-state index contributed by atoms with van der Waals surface area (Å²) in [6.07, 6.45) is 3.10. The third kappa shape index (κ3) is 6.36. The number of amides is 3. The second kappa shape index (κ2) is 11.9. The van der Waals surface area contributed by atoms with E-state index in [9.17, 15) is 28.7 Å². The highest BCUT2D eigenvalue weighted by atomic mass is 79.9. The predicted octanol–water partition coefficient (Wildman–Crippen LogP) is 4.05. The lowest BCUT2D eigenvalue weighted by Gasteiger charge is -2.34. The molecular formula is C27H29BrFN3O5. The van der Waals surface area contributed by atoms with Gasteiger partial charge in [0.25, 0.3) is 17.7 Å². The fourth-order valence-electron chi connectivity index (χ4n) is 5.17. The van der Waals surface area contributed by atoms with Crippen LogP contribution >= 0.6 is 15.9 Å². The first-order valence-corrected chi connectivity index (χ1v) is 13.2. The maximum Gasteiger partial charge on any atom is 0.305 e. The Bertz CT molecular complexity index is 1090. The van der Waals surface area contributed by atoms with Crippen LogP contribution in [0.25, 0.3) is 0 Å². The summed E-state index contributed by atoms with van der Waals surface area (Å²) in [5.74, 6) is -3.05. The summed E-state index contributed by atoms with van der Waals surface area (Å²) in [4.78, 5) is 54.8. The van der Waals surface area contributed by atoms with Gasteiger partial charge in [-0.05, 0) is 67.3 Å². The number of rotatable bonds is 7. The second-order valence-electron chi connectivity index (χ2n) is 9.50. The first-order chi connectivity index (χ1) is 17.7. The number of carbonyl (C=O) groups excluding carboxylic acids is 3. The van der Waals surface area contributed by atoms with Crippen LogP contribution in [0.1, 0.15) is 59.2 Å². The van der Waals surface area contributed by atoms with Gasteiger partial charge in [-0.2, -0.15) is 0 Å². The number of aliphatic carboxylic acids is 1. The van der Waals surface area contributed by atoms with E-state index in [-0.39, 0.29) is 31.0 Å². The number of carbonyl (C=O) groups is 4. The molecule has 2 fully saturated rings. The molecule has 1 aliphatic carbocycles. The van der Waals surface area contributed by atoms with E-state index in [1.807, 2.05) is 0 Å². The lowest BCUT2D eigenvalue weighted by molar-refractivity contribution is -0.138. The summed E-state index contributed by atoms with van der Waals surface area (Å²) in [6.45, 7) is 0.219. The van der Waals surface area contributed by atoms with Crippen LogP contribution in [0.3, 0.4) is 0 Å². The molecule has 10 heteroatoms. The Labute approximate surface area is 222 Å². The minimum atomic E-state index is -1.27. The molecule has 0 radical (unpaired) electrons. The second-order valence-corrected chi connectivity index (χ2v) is 10.4. The molecule has 0 bridgehead atoms. The Kier molecular flexibility index (Phi) is 8.58. The van der Waals surface area contributed by atoms with E-state index in [1.165, 1.54) is 21.9 Å². The van der Waals surface area contributed by atoms with Crippen LogP contribution in [-0.4, -0.2) is 63.9 Å². The van der Waals surface area contributed by atoms with Crippen molar-refractivity contribution >= 4 is 39.6 Å². The topological polar surface area (TPSA) is 107 Å². The molecule has 2 atom stereocenters. The van der Waals surface area contributed by atoms with Gasteiger partial charge < -0.3 is 20.2 Å². The molecule has 196 valence electrons. The van der Waals surface area contributed by atoms with Crippen LogP contribution in [0.2, 0.25) is 0 Å². The Morgan fingerprint density at radius 2 is 1.41 bits per heavy atom. The summed E-state index contributed by atoms with van der Waals surface area (Å²) in [5, 5.41) is 12.4. The molecule has 1 aliphatic heterocycles. The lowest BCUT2D eigenvalue weighted by Crippen LogP contribution is -2.56. The van der Waals surface area contributed by atoms with Crippen molar-refractivity contribution in [2.24, 2.45) is 5.92 Å². The Balaban J connectivity index is 1.63. The van der Waals surface area contributed by atoms with Gasteiger partial charge in [0.15, 0.2) is 6.17 Å². The molecule has 1 heterocycles. The van der Waals surface area contributed by atoms with E-state index < -0.39 is 41.7 Å². The maximum atomic E-state index is 13.7. The van der Waals surface area contributed by atoms with Crippen molar-refractivity contribution in [1.82, 2.24) is 15.1 Å². The van der Waals surface area contributed by atoms with Gasteiger partial charge in [-0.1, -0.05) is 35.2 Å². The van der Waals surface area contributed by atoms with Crippen molar-refractivity contribution < 1.29 is 28.7 Å². The molecule has 1 saturated heterocycles. The van der Waals surface area contributed by atoms with Crippen molar-refractivity contribution in [2.75, 3.05) is 13.1 Å². The zero-order valence-electron chi connectivity index (χ0n) is 20.2. The minimum Gasteiger partial charge on any atom is -0.481 e. The average Bonchev–Trinajstić information content (AvgIpc) is 3.34. The van der Waals surface area contributed by atoms with Gasteiger partial charge in [-0.3, -0.25) is 19.2 Å². The first kappa shape index (κ1) is 26.8. The quantitative estimate of drug-likeness (QED) is 0.519. The molecule has 2 aromatic carbocycles. The van der Waals surface area contributed by atoms with E-state index >= 15 is 0 Å². The summed E-state index contributed by atoms with van der Waals surface area (Å²) in [5.41, 5.74) is 0.540. The van der Waals surface area contributed by atoms with Gasteiger partial charge in [-0.15, -0.1) is 0 Å². The summed E-state index contributed by atoms with van der Waals surface area (Å²) in [6, 6.07) is 11.1. The molecule has 3 amide bonds. The summed E-state index contributed by atoms with van der Waals surface area (Å²) >= 11 is 3.34. The molecule has 37 heavy (non-hydrogen) atoms. The number of hydrogen-bond acceptors (Lipinski definition) is 4. The number of hydrogen-bond donors (Lipinski definition) is 2. The summed E-state index contributed by atoms with van der Waals surface area (Å²) < 4.78 is 14.2. The predicted molar refractivity (Wildman–Crippen MR) is 137 cm³/mol. The van der Waals surface area contributed by atoms with Gasteiger partial charge in [0.05, 0.1) is 6.42 Å². The lowest BCUT2D eigenvalue weighted by atomic mass is 9.82. The molecular weight excluding hydrogens is 545 g/mol. The van der Waals surface area contributed by atoms with Gasteiger partial charge in [0, 0.05) is 34.7 Å². The smallest absolute Gasteiger partial charge is 0.305 e. The third-order valence-corrected chi connectivity index (χ3v) is 7.58. The zero-order chi connectivity index (χ0) is 26.5. The van der Waals surface area contributed by atoms with E-state index in [1.54, 1.807) is 24.3 Å². The average molecular weight is 574 g/mol. The highest BCUT2D eigenvalue weighted by Gasteiger charge is 2.44. The molecule has 1 saturated carbocycles. The fraction of sp³-hybridized carbons (Fsp3) is 0.407. The zero-order valence-corrected chi connectivity index (χ0v) is 21.8. The number of carboxylic acids is 1. The number of carboxylic acid groups (broad SMARTS) is 1. The number of nitrogens with zero attached hydrogens (tertiary/aromatic N) is 2. The molecule has 2 aliphatic rings. The minimum absolute atomic E-state index is 0.00655. The van der Waals surface area contributed by atoms with Crippen molar-refractivity contribution in [3.63, 3.8) is 0 Å². The van der Waals surface area contributed by atoms with Crippen molar-refractivity contribution in [3.05, 3.63) is 69.9 Å². The van der Waals surface area contributed by atoms with Crippen LogP contribution in [0, 0.1) is 11.7 Å². The Morgan fingerprint density at radius 1 is 0.892 bits per heavy atom. The number of nitrogens with one attached hydrogen (secondary N) is 1. The van der Waals surface area contributed by atoms with Crippen molar-refractivity contribution in [1.29, 1.82) is 0 Å². The third-order valence-electron chi connectivity index (χ3n) is 7.05. The largest absolute Gasteiger partial charge is 0.481 e. The van der Waals surface area contributed by atoms with Gasteiger partial charge >= 0.3 is 5.97 Å². The first-order valence-electron chi connectivity index (χ1n) is 12.4. The Hall–Kier alpha value is -3.27. The molecule has 2 aromatic rings. The molecule has 0 aromatic heterocycles.